The molecule has 0 fully saturated rings. The molecule has 4 rings (SSSR count). The smallest absolute Gasteiger partial charge is 0.270 e. The average molecular weight is 390 g/mol. The summed E-state index contributed by atoms with van der Waals surface area (Å²) < 4.78 is 10.7. The van der Waals surface area contributed by atoms with Crippen molar-refractivity contribution in [2.75, 3.05) is 12.1 Å². The Hall–Kier alpha value is -3.61. The lowest BCUT2D eigenvalue weighted by Gasteiger charge is -2.10. The first kappa shape index (κ1) is 18.7. The molecule has 0 radical (unpaired) electrons. The Balaban J connectivity index is 1.44. The van der Waals surface area contributed by atoms with E-state index in [0.717, 1.165) is 17.7 Å². The molecular formula is C22H22N4O3. The first-order chi connectivity index (χ1) is 14.1. The van der Waals surface area contributed by atoms with Crippen molar-refractivity contribution in [2.24, 2.45) is 0 Å². The number of aromatic nitrogens is 2. The van der Waals surface area contributed by atoms with Crippen LogP contribution in [-0.4, -0.2) is 22.7 Å². The molecule has 0 unspecified atom stereocenters. The Morgan fingerprint density at radius 1 is 1.00 bits per heavy atom. The van der Waals surface area contributed by atoms with Crippen LogP contribution < -0.4 is 20.1 Å². The van der Waals surface area contributed by atoms with Gasteiger partial charge in [0.25, 0.3) is 5.91 Å². The van der Waals surface area contributed by atoms with Crippen LogP contribution >= 0.6 is 0 Å². The van der Waals surface area contributed by atoms with Crippen molar-refractivity contribution < 1.29 is 14.3 Å². The topological polar surface area (TPSA) is 85.4 Å². The second kappa shape index (κ2) is 8.18. The fourth-order valence-corrected chi connectivity index (χ4v) is 3.02. The van der Waals surface area contributed by atoms with Gasteiger partial charge >= 0.3 is 0 Å². The van der Waals surface area contributed by atoms with Crippen molar-refractivity contribution >= 4 is 17.5 Å². The van der Waals surface area contributed by atoms with E-state index in [1.807, 2.05) is 37.3 Å². The molecule has 3 aromatic rings. The maximum atomic E-state index is 12.6. The number of anilines is 2. The number of carbonyl (C=O) groups is 1. The van der Waals surface area contributed by atoms with E-state index < -0.39 is 0 Å². The van der Waals surface area contributed by atoms with E-state index in [4.69, 9.17) is 9.47 Å². The molecule has 1 aliphatic heterocycles. The van der Waals surface area contributed by atoms with Crippen LogP contribution in [0, 0.1) is 6.92 Å². The molecule has 1 amide bonds. The predicted octanol–water partition coefficient (Wildman–Crippen LogP) is 3.75. The van der Waals surface area contributed by atoms with Gasteiger partial charge in [0.2, 0.25) is 12.7 Å². The molecule has 2 heterocycles. The standard InChI is InChI=1S/C22H22N4O3/c1-3-15-4-7-17(8-5-15)25-22-24-14(2)10-18(26-22)21(27)23-12-16-6-9-19-20(11-16)29-13-28-19/h4-11H,3,12-13H2,1-2H3,(H,23,27)(H,24,25,26). The van der Waals surface area contributed by atoms with Crippen LogP contribution in [0.5, 0.6) is 11.5 Å². The summed E-state index contributed by atoms with van der Waals surface area (Å²) in [4.78, 5) is 21.3. The van der Waals surface area contributed by atoms with Crippen LogP contribution in [0.1, 0.15) is 34.2 Å². The van der Waals surface area contributed by atoms with Crippen molar-refractivity contribution in [3.63, 3.8) is 0 Å². The van der Waals surface area contributed by atoms with E-state index in [1.54, 1.807) is 6.07 Å². The number of fused-ring (bicyclic) bond motifs is 1. The van der Waals surface area contributed by atoms with E-state index >= 15 is 0 Å². The fourth-order valence-electron chi connectivity index (χ4n) is 3.02. The summed E-state index contributed by atoms with van der Waals surface area (Å²) in [5.74, 6) is 1.53. The van der Waals surface area contributed by atoms with Crippen LogP contribution in [0.4, 0.5) is 11.6 Å². The van der Waals surface area contributed by atoms with Crippen LogP contribution in [-0.2, 0) is 13.0 Å². The van der Waals surface area contributed by atoms with Gasteiger partial charge in [-0.25, -0.2) is 9.97 Å². The number of hydrogen-bond donors (Lipinski definition) is 2. The summed E-state index contributed by atoms with van der Waals surface area (Å²) in [5.41, 5.74) is 4.07. The number of rotatable bonds is 6. The molecule has 0 bridgehead atoms. The van der Waals surface area contributed by atoms with E-state index in [9.17, 15) is 4.79 Å². The van der Waals surface area contributed by atoms with E-state index in [1.165, 1.54) is 5.56 Å². The summed E-state index contributed by atoms with van der Waals surface area (Å²) in [6, 6.07) is 15.3. The highest BCUT2D eigenvalue weighted by Crippen LogP contribution is 2.32. The van der Waals surface area contributed by atoms with E-state index in [0.29, 0.717) is 35.4 Å². The van der Waals surface area contributed by atoms with Gasteiger partial charge in [0.15, 0.2) is 11.5 Å². The minimum absolute atomic E-state index is 0.225. The maximum Gasteiger partial charge on any atom is 0.270 e. The highest BCUT2D eigenvalue weighted by Gasteiger charge is 2.15. The number of benzene rings is 2. The minimum atomic E-state index is -0.266. The monoisotopic (exact) mass is 390 g/mol. The van der Waals surface area contributed by atoms with Crippen molar-refractivity contribution in [1.82, 2.24) is 15.3 Å². The summed E-state index contributed by atoms with van der Waals surface area (Å²) in [7, 11) is 0. The molecule has 1 aliphatic rings. The van der Waals surface area contributed by atoms with Gasteiger partial charge < -0.3 is 20.1 Å². The van der Waals surface area contributed by atoms with Crippen LogP contribution in [0.15, 0.2) is 48.5 Å². The second-order valence-corrected chi connectivity index (χ2v) is 6.76. The first-order valence-electron chi connectivity index (χ1n) is 9.49. The van der Waals surface area contributed by atoms with Gasteiger partial charge in [-0.2, -0.15) is 0 Å². The normalized spacial score (nSPS) is 11.9. The SMILES string of the molecule is CCc1ccc(Nc2nc(C)cc(C(=O)NCc3ccc4c(c3)OCO4)n2)cc1. The molecule has 0 spiro atoms. The average Bonchev–Trinajstić information content (AvgIpc) is 3.20. The molecule has 0 saturated heterocycles. The molecular weight excluding hydrogens is 368 g/mol. The van der Waals surface area contributed by atoms with Crippen LogP contribution in [0.3, 0.4) is 0 Å². The van der Waals surface area contributed by atoms with Crippen molar-refractivity contribution in [3.8, 4) is 11.5 Å². The number of nitrogens with zero attached hydrogens (tertiary/aromatic N) is 2. The largest absolute Gasteiger partial charge is 0.454 e. The van der Waals surface area contributed by atoms with Gasteiger partial charge in [0.05, 0.1) is 0 Å². The fraction of sp³-hybridized carbons (Fsp3) is 0.227. The number of ether oxygens (including phenoxy) is 2. The Kier molecular flexibility index (Phi) is 5.29. The summed E-state index contributed by atoms with van der Waals surface area (Å²) in [6.45, 7) is 4.53. The van der Waals surface area contributed by atoms with Crippen molar-refractivity contribution in [1.29, 1.82) is 0 Å². The quantitative estimate of drug-likeness (QED) is 0.667. The zero-order valence-electron chi connectivity index (χ0n) is 16.4. The van der Waals surface area contributed by atoms with Crippen LogP contribution in [0.25, 0.3) is 0 Å². The lowest BCUT2D eigenvalue weighted by Crippen LogP contribution is -2.24. The van der Waals surface area contributed by atoms with Gasteiger partial charge in [-0.1, -0.05) is 25.1 Å². The Bertz CT molecular complexity index is 1030. The zero-order valence-corrected chi connectivity index (χ0v) is 16.4. The molecule has 7 nitrogen and oxygen atoms in total. The van der Waals surface area contributed by atoms with E-state index in [2.05, 4.69) is 39.7 Å². The second-order valence-electron chi connectivity index (χ2n) is 6.76. The van der Waals surface area contributed by atoms with Crippen LogP contribution in [0.2, 0.25) is 0 Å². The third kappa shape index (κ3) is 4.45. The first-order valence-corrected chi connectivity index (χ1v) is 9.49. The Labute approximate surface area is 169 Å². The number of nitrogens with one attached hydrogen (secondary N) is 2. The Morgan fingerprint density at radius 2 is 1.76 bits per heavy atom. The number of amides is 1. The lowest BCUT2D eigenvalue weighted by atomic mass is 10.1. The van der Waals surface area contributed by atoms with Gasteiger partial charge in [0, 0.05) is 17.9 Å². The molecule has 2 aromatic carbocycles. The predicted molar refractivity (Wildman–Crippen MR) is 110 cm³/mol. The molecule has 0 saturated carbocycles. The third-order valence-corrected chi connectivity index (χ3v) is 4.60. The number of hydrogen-bond acceptors (Lipinski definition) is 6. The molecule has 148 valence electrons. The maximum absolute atomic E-state index is 12.6. The molecule has 0 aliphatic carbocycles. The number of carbonyl (C=O) groups excluding carboxylic acids is 1. The molecule has 29 heavy (non-hydrogen) atoms. The summed E-state index contributed by atoms with van der Waals surface area (Å²) >= 11 is 0. The van der Waals surface area contributed by atoms with Crippen molar-refractivity contribution in [2.45, 2.75) is 26.8 Å². The number of aryl methyl sites for hydroxylation is 2. The lowest BCUT2D eigenvalue weighted by molar-refractivity contribution is 0.0945. The molecule has 7 heteroatoms. The van der Waals surface area contributed by atoms with Gasteiger partial charge in [0.1, 0.15) is 5.69 Å². The summed E-state index contributed by atoms with van der Waals surface area (Å²) in [5, 5.41) is 6.05. The third-order valence-electron chi connectivity index (χ3n) is 4.60. The van der Waals surface area contributed by atoms with E-state index in [-0.39, 0.29) is 12.7 Å². The van der Waals surface area contributed by atoms with Crippen molar-refractivity contribution in [3.05, 3.63) is 71.0 Å². The highest BCUT2D eigenvalue weighted by molar-refractivity contribution is 5.92. The van der Waals surface area contributed by atoms with Gasteiger partial charge in [-0.05, 0) is 54.8 Å². The van der Waals surface area contributed by atoms with Gasteiger partial charge in [-0.15, -0.1) is 0 Å². The summed E-state index contributed by atoms with van der Waals surface area (Å²) in [6.07, 6.45) is 0.981. The Morgan fingerprint density at radius 3 is 2.55 bits per heavy atom. The molecule has 1 aromatic heterocycles. The molecule has 2 N–H and O–H groups in total. The minimum Gasteiger partial charge on any atom is -0.454 e. The zero-order chi connectivity index (χ0) is 20.2. The highest BCUT2D eigenvalue weighted by atomic mass is 16.7. The van der Waals surface area contributed by atoms with Gasteiger partial charge in [-0.3, -0.25) is 4.79 Å². The molecule has 0 atom stereocenters.